The SMILES string of the molecule is Clc1cc(Cl)c(OCc2ccc(Cl)nc2)c(Cl)c1. The van der Waals surface area contributed by atoms with Gasteiger partial charge in [0.05, 0.1) is 10.0 Å². The van der Waals surface area contributed by atoms with Crippen LogP contribution in [0.2, 0.25) is 20.2 Å². The lowest BCUT2D eigenvalue weighted by atomic mass is 10.3. The van der Waals surface area contributed by atoms with E-state index in [1.165, 1.54) is 0 Å². The first-order chi connectivity index (χ1) is 8.56. The van der Waals surface area contributed by atoms with E-state index in [-0.39, 0.29) is 0 Å². The van der Waals surface area contributed by atoms with Crippen LogP contribution in [-0.2, 0) is 6.61 Å². The summed E-state index contributed by atoms with van der Waals surface area (Å²) < 4.78 is 5.54. The maximum absolute atomic E-state index is 6.00. The molecule has 0 atom stereocenters. The molecule has 0 saturated carbocycles. The van der Waals surface area contributed by atoms with Gasteiger partial charge in [0.2, 0.25) is 0 Å². The van der Waals surface area contributed by atoms with Crippen LogP contribution in [0.3, 0.4) is 0 Å². The third kappa shape index (κ3) is 3.42. The van der Waals surface area contributed by atoms with E-state index < -0.39 is 0 Å². The van der Waals surface area contributed by atoms with E-state index in [4.69, 9.17) is 51.1 Å². The Morgan fingerprint density at radius 2 is 1.67 bits per heavy atom. The van der Waals surface area contributed by atoms with Crippen molar-refractivity contribution >= 4 is 46.4 Å². The summed E-state index contributed by atoms with van der Waals surface area (Å²) >= 11 is 23.5. The minimum atomic E-state index is 0.297. The van der Waals surface area contributed by atoms with Crippen LogP contribution in [0.4, 0.5) is 0 Å². The highest BCUT2D eigenvalue weighted by molar-refractivity contribution is 6.40. The van der Waals surface area contributed by atoms with Gasteiger partial charge in [-0.3, -0.25) is 0 Å². The molecule has 0 bridgehead atoms. The van der Waals surface area contributed by atoms with Crippen molar-refractivity contribution in [2.24, 2.45) is 0 Å². The van der Waals surface area contributed by atoms with Crippen molar-refractivity contribution in [3.8, 4) is 5.75 Å². The van der Waals surface area contributed by atoms with Crippen molar-refractivity contribution in [1.82, 2.24) is 4.98 Å². The van der Waals surface area contributed by atoms with E-state index in [9.17, 15) is 0 Å². The number of halogens is 4. The first kappa shape index (κ1) is 13.8. The number of hydrogen-bond donors (Lipinski definition) is 0. The Bertz CT molecular complexity index is 533. The van der Waals surface area contributed by atoms with E-state index in [1.807, 2.05) is 6.07 Å². The monoisotopic (exact) mass is 321 g/mol. The first-order valence-corrected chi connectivity index (χ1v) is 6.45. The van der Waals surface area contributed by atoms with Gasteiger partial charge in [-0.15, -0.1) is 0 Å². The molecule has 0 aliphatic rings. The van der Waals surface area contributed by atoms with Crippen LogP contribution in [-0.4, -0.2) is 4.98 Å². The number of pyridine rings is 1. The highest BCUT2D eigenvalue weighted by Crippen LogP contribution is 2.36. The average Bonchev–Trinajstić information content (AvgIpc) is 2.30. The molecule has 1 heterocycles. The second-order valence-electron chi connectivity index (χ2n) is 3.48. The Kier molecular flexibility index (Phi) is 4.57. The molecule has 18 heavy (non-hydrogen) atoms. The molecule has 0 aliphatic carbocycles. The molecule has 2 nitrogen and oxygen atoms in total. The van der Waals surface area contributed by atoms with Crippen LogP contribution in [0.15, 0.2) is 30.5 Å². The van der Waals surface area contributed by atoms with Crippen molar-refractivity contribution < 1.29 is 4.74 Å². The van der Waals surface area contributed by atoms with Gasteiger partial charge in [0.1, 0.15) is 11.8 Å². The van der Waals surface area contributed by atoms with Crippen LogP contribution < -0.4 is 4.74 Å². The number of benzene rings is 1. The zero-order chi connectivity index (χ0) is 13.1. The van der Waals surface area contributed by atoms with Crippen molar-refractivity contribution in [1.29, 1.82) is 0 Å². The molecule has 0 spiro atoms. The summed E-state index contributed by atoms with van der Waals surface area (Å²) in [5, 5.41) is 1.63. The predicted octanol–water partition coefficient (Wildman–Crippen LogP) is 5.27. The highest BCUT2D eigenvalue weighted by atomic mass is 35.5. The van der Waals surface area contributed by atoms with Crippen molar-refractivity contribution in [3.63, 3.8) is 0 Å². The zero-order valence-corrected chi connectivity index (χ0v) is 12.0. The number of hydrogen-bond acceptors (Lipinski definition) is 2. The van der Waals surface area contributed by atoms with Gasteiger partial charge >= 0.3 is 0 Å². The van der Waals surface area contributed by atoms with Gasteiger partial charge in [0.15, 0.2) is 5.75 Å². The number of nitrogens with zero attached hydrogens (tertiary/aromatic N) is 1. The minimum Gasteiger partial charge on any atom is -0.486 e. The lowest BCUT2D eigenvalue weighted by Gasteiger charge is -2.10. The molecule has 0 aliphatic heterocycles. The second-order valence-corrected chi connectivity index (χ2v) is 5.11. The van der Waals surface area contributed by atoms with Crippen LogP contribution in [0.5, 0.6) is 5.75 Å². The van der Waals surface area contributed by atoms with Crippen molar-refractivity contribution in [2.45, 2.75) is 6.61 Å². The third-order valence-corrected chi connectivity index (χ3v) is 3.14. The lowest BCUT2D eigenvalue weighted by Crippen LogP contribution is -1.97. The normalized spacial score (nSPS) is 10.4. The first-order valence-electron chi connectivity index (χ1n) is 4.94. The fraction of sp³-hybridized carbons (Fsp3) is 0.0833. The van der Waals surface area contributed by atoms with E-state index in [1.54, 1.807) is 24.4 Å². The summed E-state index contributed by atoms with van der Waals surface area (Å²) in [6, 6.07) is 6.65. The number of rotatable bonds is 3. The summed E-state index contributed by atoms with van der Waals surface area (Å²) in [7, 11) is 0. The fourth-order valence-corrected chi connectivity index (χ4v) is 2.35. The Labute approximate surface area is 124 Å². The molecule has 0 saturated heterocycles. The van der Waals surface area contributed by atoms with Crippen LogP contribution in [0.25, 0.3) is 0 Å². The number of ether oxygens (including phenoxy) is 1. The Morgan fingerprint density at radius 1 is 1.00 bits per heavy atom. The van der Waals surface area contributed by atoms with Gasteiger partial charge < -0.3 is 4.74 Å². The predicted molar refractivity (Wildman–Crippen MR) is 75.1 cm³/mol. The summed E-state index contributed by atoms with van der Waals surface area (Å²) in [4.78, 5) is 3.95. The van der Waals surface area contributed by atoms with Crippen molar-refractivity contribution in [3.05, 3.63) is 56.2 Å². The molecule has 2 rings (SSSR count). The van der Waals surface area contributed by atoms with Gasteiger partial charge in [-0.1, -0.05) is 52.5 Å². The minimum absolute atomic E-state index is 0.297. The molecular formula is C12H7Cl4NO. The molecule has 0 N–H and O–H groups in total. The van der Waals surface area contributed by atoms with Crippen LogP contribution in [0.1, 0.15) is 5.56 Å². The standard InChI is InChI=1S/C12H7Cl4NO/c13-8-3-9(14)12(10(15)4-8)18-6-7-1-2-11(16)17-5-7/h1-5H,6H2. The van der Waals surface area contributed by atoms with E-state index in [0.29, 0.717) is 32.6 Å². The van der Waals surface area contributed by atoms with Crippen LogP contribution in [0, 0.1) is 0 Å². The Hall–Kier alpha value is -0.670. The second kappa shape index (κ2) is 5.98. The smallest absolute Gasteiger partial charge is 0.157 e. The van der Waals surface area contributed by atoms with E-state index in [2.05, 4.69) is 4.98 Å². The molecule has 1 aromatic carbocycles. The van der Waals surface area contributed by atoms with Gasteiger partial charge in [0, 0.05) is 16.8 Å². The Balaban J connectivity index is 2.13. The highest BCUT2D eigenvalue weighted by Gasteiger charge is 2.09. The van der Waals surface area contributed by atoms with Gasteiger partial charge in [-0.2, -0.15) is 0 Å². The summed E-state index contributed by atoms with van der Waals surface area (Å²) in [5.74, 6) is 0.401. The largest absolute Gasteiger partial charge is 0.486 e. The van der Waals surface area contributed by atoms with Gasteiger partial charge in [-0.25, -0.2) is 4.98 Å². The topological polar surface area (TPSA) is 22.1 Å². The molecule has 6 heteroatoms. The molecule has 0 radical (unpaired) electrons. The molecule has 94 valence electrons. The average molecular weight is 323 g/mol. The molecule has 0 fully saturated rings. The number of aromatic nitrogens is 1. The summed E-state index contributed by atoms with van der Waals surface area (Å²) in [6.07, 6.45) is 1.63. The molecule has 0 amide bonds. The quantitative estimate of drug-likeness (QED) is 0.718. The lowest BCUT2D eigenvalue weighted by molar-refractivity contribution is 0.306. The molecular weight excluding hydrogens is 316 g/mol. The molecule has 2 aromatic rings. The van der Waals surface area contributed by atoms with Gasteiger partial charge in [-0.05, 0) is 18.2 Å². The van der Waals surface area contributed by atoms with Gasteiger partial charge in [0.25, 0.3) is 0 Å². The van der Waals surface area contributed by atoms with E-state index in [0.717, 1.165) is 5.56 Å². The van der Waals surface area contributed by atoms with Crippen LogP contribution >= 0.6 is 46.4 Å². The summed E-state index contributed by atoms with van der Waals surface area (Å²) in [5.41, 5.74) is 0.862. The third-order valence-electron chi connectivity index (χ3n) is 2.13. The zero-order valence-electron chi connectivity index (χ0n) is 8.96. The summed E-state index contributed by atoms with van der Waals surface area (Å²) in [6.45, 7) is 0.297. The maximum atomic E-state index is 6.00. The molecule has 0 unspecified atom stereocenters. The maximum Gasteiger partial charge on any atom is 0.157 e. The Morgan fingerprint density at radius 3 is 2.22 bits per heavy atom. The van der Waals surface area contributed by atoms with Crippen molar-refractivity contribution in [2.75, 3.05) is 0 Å². The fourth-order valence-electron chi connectivity index (χ4n) is 1.31. The van der Waals surface area contributed by atoms with E-state index >= 15 is 0 Å². The molecule has 1 aromatic heterocycles.